The van der Waals surface area contributed by atoms with Gasteiger partial charge in [0.1, 0.15) is 10.5 Å². The van der Waals surface area contributed by atoms with Crippen molar-refractivity contribution in [1.82, 2.24) is 9.97 Å². The van der Waals surface area contributed by atoms with Gasteiger partial charge in [0.25, 0.3) is 0 Å². The summed E-state index contributed by atoms with van der Waals surface area (Å²) in [5.41, 5.74) is 2.06. The first-order valence-corrected chi connectivity index (χ1v) is 6.36. The Morgan fingerprint density at radius 3 is 2.35 bits per heavy atom. The lowest BCUT2D eigenvalue weighted by Crippen LogP contribution is -2.06. The predicted octanol–water partition coefficient (Wildman–Crippen LogP) is 4.75. The van der Waals surface area contributed by atoms with Crippen molar-refractivity contribution in [3.05, 3.63) is 45.4 Å². The number of aromatic amines is 1. The minimum atomic E-state index is -4.33. The van der Waals surface area contributed by atoms with E-state index in [4.69, 9.17) is 12.2 Å². The van der Waals surface area contributed by atoms with Crippen LogP contribution < -0.4 is 0 Å². The predicted molar refractivity (Wildman–Crippen MR) is 74.1 cm³/mol. The van der Waals surface area contributed by atoms with E-state index >= 15 is 0 Å². The standard InChI is InChI=1S/C14H13F3N2S/c1-7-6-10(14(15,16)17)4-5-11(7)12-8(2)13(20)19-9(3)18-12/h4-6H,1-3H3,(H,18,19,20). The lowest BCUT2D eigenvalue weighted by molar-refractivity contribution is -0.137. The molecule has 0 atom stereocenters. The average Bonchev–Trinajstić information content (AvgIpc) is 2.33. The van der Waals surface area contributed by atoms with Gasteiger partial charge < -0.3 is 4.98 Å². The van der Waals surface area contributed by atoms with E-state index < -0.39 is 11.7 Å². The van der Waals surface area contributed by atoms with Crippen LogP contribution in [0.5, 0.6) is 0 Å². The largest absolute Gasteiger partial charge is 0.416 e. The summed E-state index contributed by atoms with van der Waals surface area (Å²) < 4.78 is 38.5. The molecule has 0 fully saturated rings. The molecule has 0 amide bonds. The third-order valence-corrected chi connectivity index (χ3v) is 3.49. The molecule has 1 aromatic heterocycles. The van der Waals surface area contributed by atoms with E-state index in [1.807, 2.05) is 0 Å². The quantitative estimate of drug-likeness (QED) is 0.770. The minimum Gasteiger partial charge on any atom is -0.343 e. The zero-order chi connectivity index (χ0) is 15.1. The van der Waals surface area contributed by atoms with Gasteiger partial charge in [-0.25, -0.2) is 4.98 Å². The summed E-state index contributed by atoms with van der Waals surface area (Å²) in [6.45, 7) is 5.21. The summed E-state index contributed by atoms with van der Waals surface area (Å²) in [5.74, 6) is 0.634. The van der Waals surface area contributed by atoms with Crippen molar-refractivity contribution in [2.45, 2.75) is 26.9 Å². The molecule has 2 nitrogen and oxygen atoms in total. The van der Waals surface area contributed by atoms with Gasteiger partial charge in [0.15, 0.2) is 0 Å². The maximum absolute atomic E-state index is 12.7. The SMILES string of the molecule is Cc1nc(=S)c(C)c(-c2ccc(C(F)(F)F)cc2C)[nH]1. The number of aromatic nitrogens is 2. The van der Waals surface area contributed by atoms with E-state index in [2.05, 4.69) is 9.97 Å². The molecule has 0 aliphatic rings. The molecule has 106 valence electrons. The minimum absolute atomic E-state index is 0.454. The normalized spacial score (nSPS) is 11.7. The van der Waals surface area contributed by atoms with Gasteiger partial charge in [0.05, 0.1) is 11.3 Å². The zero-order valence-electron chi connectivity index (χ0n) is 11.2. The summed E-state index contributed by atoms with van der Waals surface area (Å²) in [4.78, 5) is 7.20. The lowest BCUT2D eigenvalue weighted by atomic mass is 10.00. The number of hydrogen-bond donors (Lipinski definition) is 1. The van der Waals surface area contributed by atoms with E-state index in [0.717, 1.165) is 17.7 Å². The fraction of sp³-hybridized carbons (Fsp3) is 0.286. The van der Waals surface area contributed by atoms with Gasteiger partial charge in [-0.05, 0) is 38.5 Å². The van der Waals surface area contributed by atoms with Crippen LogP contribution in [0.25, 0.3) is 11.3 Å². The van der Waals surface area contributed by atoms with Gasteiger partial charge in [-0.15, -0.1) is 0 Å². The lowest BCUT2D eigenvalue weighted by Gasteiger charge is -2.13. The van der Waals surface area contributed by atoms with Crippen LogP contribution in [0, 0.1) is 25.4 Å². The van der Waals surface area contributed by atoms with Gasteiger partial charge in [0, 0.05) is 11.1 Å². The summed E-state index contributed by atoms with van der Waals surface area (Å²) in [6.07, 6.45) is -4.33. The Kier molecular flexibility index (Phi) is 3.69. The highest BCUT2D eigenvalue weighted by atomic mass is 32.1. The van der Waals surface area contributed by atoms with Gasteiger partial charge >= 0.3 is 6.18 Å². The van der Waals surface area contributed by atoms with E-state index in [0.29, 0.717) is 27.3 Å². The van der Waals surface area contributed by atoms with Crippen LogP contribution in [0.4, 0.5) is 13.2 Å². The van der Waals surface area contributed by atoms with Crippen molar-refractivity contribution in [1.29, 1.82) is 0 Å². The highest BCUT2D eigenvalue weighted by Crippen LogP contribution is 2.33. The average molecular weight is 298 g/mol. The van der Waals surface area contributed by atoms with Crippen molar-refractivity contribution in [2.75, 3.05) is 0 Å². The maximum Gasteiger partial charge on any atom is 0.416 e. The molecule has 0 bridgehead atoms. The molecule has 1 N–H and O–H groups in total. The number of nitrogens with one attached hydrogen (secondary N) is 1. The summed E-state index contributed by atoms with van der Waals surface area (Å²) in [7, 11) is 0. The van der Waals surface area contributed by atoms with Crippen molar-refractivity contribution in [2.24, 2.45) is 0 Å². The Bertz CT molecular complexity index is 717. The van der Waals surface area contributed by atoms with Crippen molar-refractivity contribution >= 4 is 12.2 Å². The molecule has 20 heavy (non-hydrogen) atoms. The number of aryl methyl sites for hydroxylation is 2. The molecule has 1 aromatic carbocycles. The number of benzene rings is 1. The smallest absolute Gasteiger partial charge is 0.343 e. The molecule has 2 rings (SSSR count). The molecule has 2 aromatic rings. The second-order valence-electron chi connectivity index (χ2n) is 4.65. The monoisotopic (exact) mass is 298 g/mol. The maximum atomic E-state index is 12.7. The van der Waals surface area contributed by atoms with Crippen LogP contribution >= 0.6 is 12.2 Å². The Morgan fingerprint density at radius 1 is 1.15 bits per heavy atom. The van der Waals surface area contributed by atoms with Crippen molar-refractivity contribution in [3.8, 4) is 11.3 Å². The summed E-state index contributed by atoms with van der Waals surface area (Å²) >= 11 is 5.15. The van der Waals surface area contributed by atoms with E-state index in [1.54, 1.807) is 20.8 Å². The van der Waals surface area contributed by atoms with Crippen LogP contribution in [0.15, 0.2) is 18.2 Å². The molecule has 0 radical (unpaired) electrons. The second kappa shape index (κ2) is 5.01. The molecular weight excluding hydrogens is 285 g/mol. The topological polar surface area (TPSA) is 28.7 Å². The molecule has 0 aliphatic carbocycles. The van der Waals surface area contributed by atoms with E-state index in [-0.39, 0.29) is 0 Å². The molecule has 1 heterocycles. The van der Waals surface area contributed by atoms with Gasteiger partial charge in [0.2, 0.25) is 0 Å². The fourth-order valence-corrected chi connectivity index (χ4v) is 2.27. The van der Waals surface area contributed by atoms with Crippen LogP contribution in [0.1, 0.15) is 22.5 Å². The first-order chi connectivity index (χ1) is 9.20. The number of nitrogens with zero attached hydrogens (tertiary/aromatic N) is 1. The number of rotatable bonds is 1. The third kappa shape index (κ3) is 2.75. The number of alkyl halides is 3. The number of H-pyrrole nitrogens is 1. The number of hydrogen-bond acceptors (Lipinski definition) is 2. The number of halogens is 3. The van der Waals surface area contributed by atoms with Crippen molar-refractivity contribution < 1.29 is 13.2 Å². The van der Waals surface area contributed by atoms with Gasteiger partial charge in [-0.2, -0.15) is 13.2 Å². The van der Waals surface area contributed by atoms with Crippen LogP contribution in [0.3, 0.4) is 0 Å². The molecule has 6 heteroatoms. The molecule has 0 saturated heterocycles. The fourth-order valence-electron chi connectivity index (χ4n) is 2.04. The van der Waals surface area contributed by atoms with Crippen LogP contribution in [-0.2, 0) is 6.18 Å². The first kappa shape index (κ1) is 14.7. The molecule has 0 aliphatic heterocycles. The Labute approximate surface area is 119 Å². The third-order valence-electron chi connectivity index (χ3n) is 3.09. The molecule has 0 spiro atoms. The summed E-state index contributed by atoms with van der Waals surface area (Å²) in [6, 6.07) is 3.68. The Balaban J connectivity index is 2.63. The van der Waals surface area contributed by atoms with Crippen LogP contribution in [0.2, 0.25) is 0 Å². The van der Waals surface area contributed by atoms with Crippen molar-refractivity contribution in [3.63, 3.8) is 0 Å². The Morgan fingerprint density at radius 2 is 1.80 bits per heavy atom. The highest BCUT2D eigenvalue weighted by molar-refractivity contribution is 7.71. The highest BCUT2D eigenvalue weighted by Gasteiger charge is 2.30. The van der Waals surface area contributed by atoms with Crippen LogP contribution in [-0.4, -0.2) is 9.97 Å². The molecule has 0 unspecified atom stereocenters. The Hall–Kier alpha value is -1.69. The van der Waals surface area contributed by atoms with E-state index in [9.17, 15) is 13.2 Å². The van der Waals surface area contributed by atoms with Gasteiger partial charge in [-0.3, -0.25) is 0 Å². The van der Waals surface area contributed by atoms with Gasteiger partial charge in [-0.1, -0.05) is 18.3 Å². The second-order valence-corrected chi connectivity index (χ2v) is 5.04. The first-order valence-electron chi connectivity index (χ1n) is 5.96. The zero-order valence-corrected chi connectivity index (χ0v) is 12.0. The molecule has 0 saturated carbocycles. The molecular formula is C14H13F3N2S. The van der Waals surface area contributed by atoms with E-state index in [1.165, 1.54) is 6.07 Å². The summed E-state index contributed by atoms with van der Waals surface area (Å²) in [5, 5.41) is 0.